The molecular weight excluding hydrogens is 250 g/mol. The Balaban J connectivity index is 1.94. The van der Waals surface area contributed by atoms with Gasteiger partial charge in [-0.2, -0.15) is 0 Å². The van der Waals surface area contributed by atoms with Gasteiger partial charge in [0.25, 0.3) is 0 Å². The van der Waals surface area contributed by atoms with Crippen LogP contribution in [0.4, 0.5) is 0 Å². The van der Waals surface area contributed by atoms with Crippen molar-refractivity contribution in [2.45, 2.75) is 64.0 Å². The van der Waals surface area contributed by atoms with Gasteiger partial charge in [0.2, 0.25) is 5.91 Å². The van der Waals surface area contributed by atoms with Gasteiger partial charge in [-0.1, -0.05) is 26.7 Å². The first kappa shape index (κ1) is 15.8. The van der Waals surface area contributed by atoms with Crippen LogP contribution in [0.25, 0.3) is 0 Å². The number of piperidine rings is 1. The highest BCUT2D eigenvalue weighted by molar-refractivity contribution is 5.82. The van der Waals surface area contributed by atoms with Crippen LogP contribution in [0.15, 0.2) is 0 Å². The highest BCUT2D eigenvalue weighted by atomic mass is 16.2. The second kappa shape index (κ2) is 6.02. The summed E-state index contributed by atoms with van der Waals surface area (Å²) in [6.45, 7) is 6.13. The van der Waals surface area contributed by atoms with E-state index in [1.54, 1.807) is 0 Å². The van der Waals surface area contributed by atoms with Gasteiger partial charge >= 0.3 is 0 Å². The van der Waals surface area contributed by atoms with Crippen LogP contribution in [0.3, 0.4) is 0 Å². The Labute approximate surface area is 123 Å². The fourth-order valence-corrected chi connectivity index (χ4v) is 3.83. The minimum absolute atomic E-state index is 0.0446. The SMILES string of the molecule is CN(C)C1(CNC(=O)C2NCCCC2(C)C)CCCC1. The van der Waals surface area contributed by atoms with Crippen molar-refractivity contribution in [1.82, 2.24) is 15.5 Å². The molecule has 1 saturated carbocycles. The Hall–Kier alpha value is -0.610. The zero-order valence-corrected chi connectivity index (χ0v) is 13.6. The number of carbonyl (C=O) groups excluding carboxylic acids is 1. The smallest absolute Gasteiger partial charge is 0.237 e. The molecule has 1 unspecified atom stereocenters. The van der Waals surface area contributed by atoms with Crippen molar-refractivity contribution < 1.29 is 4.79 Å². The molecule has 1 saturated heterocycles. The average Bonchev–Trinajstić information content (AvgIpc) is 2.85. The molecule has 1 atom stereocenters. The lowest BCUT2D eigenvalue weighted by molar-refractivity contribution is -0.127. The maximum absolute atomic E-state index is 12.5. The zero-order chi connectivity index (χ0) is 14.8. The van der Waals surface area contributed by atoms with Gasteiger partial charge in [0.1, 0.15) is 0 Å². The van der Waals surface area contributed by atoms with E-state index in [2.05, 4.69) is 43.5 Å². The summed E-state index contributed by atoms with van der Waals surface area (Å²) in [5.74, 6) is 0.183. The van der Waals surface area contributed by atoms with E-state index in [1.165, 1.54) is 32.1 Å². The van der Waals surface area contributed by atoms with E-state index in [9.17, 15) is 4.79 Å². The van der Waals surface area contributed by atoms with Gasteiger partial charge in [0.05, 0.1) is 6.04 Å². The van der Waals surface area contributed by atoms with Gasteiger partial charge in [0, 0.05) is 12.1 Å². The third-order valence-electron chi connectivity index (χ3n) is 5.46. The summed E-state index contributed by atoms with van der Waals surface area (Å²) in [5.41, 5.74) is 0.234. The largest absolute Gasteiger partial charge is 0.353 e. The molecule has 1 amide bonds. The molecule has 0 bridgehead atoms. The van der Waals surface area contributed by atoms with E-state index >= 15 is 0 Å². The molecule has 20 heavy (non-hydrogen) atoms. The van der Waals surface area contributed by atoms with Crippen molar-refractivity contribution in [2.75, 3.05) is 27.2 Å². The average molecular weight is 281 g/mol. The number of likely N-dealkylation sites (N-methyl/N-ethyl adjacent to an activating group) is 1. The van der Waals surface area contributed by atoms with Crippen LogP contribution in [0.1, 0.15) is 52.4 Å². The molecule has 2 aliphatic rings. The lowest BCUT2D eigenvalue weighted by atomic mass is 9.77. The summed E-state index contributed by atoms with van der Waals surface area (Å²) in [7, 11) is 4.28. The fraction of sp³-hybridized carbons (Fsp3) is 0.938. The van der Waals surface area contributed by atoms with Crippen LogP contribution in [0.5, 0.6) is 0 Å². The van der Waals surface area contributed by atoms with Gasteiger partial charge in [-0.15, -0.1) is 0 Å². The Morgan fingerprint density at radius 2 is 1.85 bits per heavy atom. The van der Waals surface area contributed by atoms with Gasteiger partial charge in [-0.3, -0.25) is 4.79 Å². The number of nitrogens with one attached hydrogen (secondary N) is 2. The normalized spacial score (nSPS) is 28.6. The molecule has 0 spiro atoms. The predicted molar refractivity (Wildman–Crippen MR) is 82.7 cm³/mol. The number of rotatable bonds is 4. The van der Waals surface area contributed by atoms with Gasteiger partial charge in [-0.25, -0.2) is 0 Å². The van der Waals surface area contributed by atoms with E-state index in [0.717, 1.165) is 19.5 Å². The molecule has 1 aliphatic heterocycles. The van der Waals surface area contributed by atoms with Crippen LogP contribution in [-0.2, 0) is 4.79 Å². The molecule has 0 aromatic rings. The van der Waals surface area contributed by atoms with Gasteiger partial charge in [-0.05, 0) is 51.7 Å². The first-order valence-corrected chi connectivity index (χ1v) is 8.06. The van der Waals surface area contributed by atoms with Crippen molar-refractivity contribution in [3.05, 3.63) is 0 Å². The number of hydrogen-bond acceptors (Lipinski definition) is 3. The van der Waals surface area contributed by atoms with Crippen molar-refractivity contribution in [1.29, 1.82) is 0 Å². The molecule has 4 heteroatoms. The second-order valence-corrected chi connectivity index (χ2v) is 7.52. The Morgan fingerprint density at radius 3 is 2.40 bits per heavy atom. The van der Waals surface area contributed by atoms with Crippen LogP contribution in [0.2, 0.25) is 0 Å². The lowest BCUT2D eigenvalue weighted by Crippen LogP contribution is -2.59. The van der Waals surface area contributed by atoms with Crippen molar-refractivity contribution in [2.24, 2.45) is 5.41 Å². The highest BCUT2D eigenvalue weighted by Crippen LogP contribution is 2.34. The molecule has 0 aromatic heterocycles. The number of nitrogens with zero attached hydrogens (tertiary/aromatic N) is 1. The van der Waals surface area contributed by atoms with E-state index in [0.29, 0.717) is 0 Å². The molecule has 0 radical (unpaired) electrons. The Bertz CT molecular complexity index is 346. The molecule has 2 N–H and O–H groups in total. The number of amides is 1. The molecule has 2 fully saturated rings. The van der Waals surface area contributed by atoms with Crippen molar-refractivity contribution in [3.8, 4) is 0 Å². The summed E-state index contributed by atoms with van der Waals surface area (Å²) in [6, 6.07) is -0.0446. The predicted octanol–water partition coefficient (Wildman–Crippen LogP) is 1.76. The number of carbonyl (C=O) groups is 1. The van der Waals surface area contributed by atoms with Crippen LogP contribution >= 0.6 is 0 Å². The molecule has 1 aliphatic carbocycles. The van der Waals surface area contributed by atoms with Gasteiger partial charge in [0.15, 0.2) is 0 Å². The van der Waals surface area contributed by atoms with E-state index < -0.39 is 0 Å². The van der Waals surface area contributed by atoms with E-state index in [1.807, 2.05) is 0 Å². The van der Waals surface area contributed by atoms with Gasteiger partial charge < -0.3 is 15.5 Å². The lowest BCUT2D eigenvalue weighted by Gasteiger charge is -2.40. The van der Waals surface area contributed by atoms with Crippen molar-refractivity contribution >= 4 is 5.91 Å². The molecule has 1 heterocycles. The van der Waals surface area contributed by atoms with Crippen molar-refractivity contribution in [3.63, 3.8) is 0 Å². The zero-order valence-electron chi connectivity index (χ0n) is 13.6. The summed E-state index contributed by atoms with van der Waals surface area (Å²) in [4.78, 5) is 14.8. The Kier molecular flexibility index (Phi) is 4.75. The van der Waals surface area contributed by atoms with E-state index in [-0.39, 0.29) is 22.9 Å². The second-order valence-electron chi connectivity index (χ2n) is 7.52. The minimum atomic E-state index is -0.0446. The standard InChI is InChI=1S/C16H31N3O/c1-15(2)8-7-11-17-13(15)14(20)18-12-16(19(3)4)9-5-6-10-16/h13,17H,5-12H2,1-4H3,(H,18,20). The van der Waals surface area contributed by atoms with Crippen LogP contribution in [0, 0.1) is 5.41 Å². The molecular formula is C16H31N3O. The topological polar surface area (TPSA) is 44.4 Å². The molecule has 2 rings (SSSR count). The monoisotopic (exact) mass is 281 g/mol. The van der Waals surface area contributed by atoms with Crippen LogP contribution < -0.4 is 10.6 Å². The third-order valence-corrected chi connectivity index (χ3v) is 5.46. The summed E-state index contributed by atoms with van der Waals surface area (Å²) < 4.78 is 0. The molecule has 116 valence electrons. The minimum Gasteiger partial charge on any atom is -0.353 e. The highest BCUT2D eigenvalue weighted by Gasteiger charge is 2.40. The van der Waals surface area contributed by atoms with E-state index in [4.69, 9.17) is 0 Å². The summed E-state index contributed by atoms with van der Waals surface area (Å²) >= 11 is 0. The maximum atomic E-state index is 12.5. The molecule has 4 nitrogen and oxygen atoms in total. The number of hydrogen-bond donors (Lipinski definition) is 2. The summed E-state index contributed by atoms with van der Waals surface area (Å²) in [5, 5.41) is 6.63. The first-order valence-electron chi connectivity index (χ1n) is 8.06. The quantitative estimate of drug-likeness (QED) is 0.825. The third kappa shape index (κ3) is 3.17. The first-order chi connectivity index (χ1) is 9.37. The molecule has 0 aromatic carbocycles. The maximum Gasteiger partial charge on any atom is 0.237 e. The fourth-order valence-electron chi connectivity index (χ4n) is 3.83. The summed E-state index contributed by atoms with van der Waals surface area (Å²) in [6.07, 6.45) is 7.24. The van der Waals surface area contributed by atoms with Crippen LogP contribution in [-0.4, -0.2) is 49.6 Å². The Morgan fingerprint density at radius 1 is 1.20 bits per heavy atom.